The third-order valence-electron chi connectivity index (χ3n) is 7.01. The predicted molar refractivity (Wildman–Crippen MR) is 150 cm³/mol. The van der Waals surface area contributed by atoms with Crippen molar-refractivity contribution < 1.29 is 18.8 Å². The number of hydrogen-bond acceptors (Lipinski definition) is 4. The van der Waals surface area contributed by atoms with Crippen LogP contribution in [0.1, 0.15) is 67.7 Å². The number of halogens is 1. The zero-order chi connectivity index (χ0) is 27.8. The number of carbonyl (C=O) groups excluding carboxylic acids is 3. The monoisotopic (exact) mass is 530 g/mol. The molecule has 1 aliphatic rings. The van der Waals surface area contributed by atoms with Crippen LogP contribution in [-0.2, 0) is 14.4 Å². The van der Waals surface area contributed by atoms with Crippen molar-refractivity contribution >= 4 is 29.2 Å². The smallest absolute Gasteiger partial charge is 0.248 e. The number of hydrogen-bond donors (Lipinski definition) is 2. The molecule has 0 spiro atoms. The van der Waals surface area contributed by atoms with Crippen LogP contribution in [0.25, 0.3) is 0 Å². The van der Waals surface area contributed by atoms with E-state index in [1.165, 1.54) is 17.0 Å². The Morgan fingerprint density at radius 3 is 2.44 bits per heavy atom. The first-order valence-electron chi connectivity index (χ1n) is 13.5. The fourth-order valence-corrected chi connectivity index (χ4v) is 4.97. The molecule has 1 heterocycles. The predicted octanol–water partition coefficient (Wildman–Crippen LogP) is 5.78. The van der Waals surface area contributed by atoms with Gasteiger partial charge in [0.1, 0.15) is 17.7 Å². The van der Waals surface area contributed by atoms with E-state index in [4.69, 9.17) is 0 Å². The molecule has 0 radical (unpaired) electrons. The highest BCUT2D eigenvalue weighted by Crippen LogP contribution is 2.33. The van der Waals surface area contributed by atoms with Crippen LogP contribution in [0.4, 0.5) is 15.9 Å². The molecule has 39 heavy (non-hydrogen) atoms. The molecule has 1 atom stereocenters. The third kappa shape index (κ3) is 7.50. The van der Waals surface area contributed by atoms with Gasteiger partial charge in [0, 0.05) is 30.8 Å². The Kier molecular flexibility index (Phi) is 9.41. The molecule has 2 N–H and O–H groups in total. The summed E-state index contributed by atoms with van der Waals surface area (Å²) in [4.78, 5) is 45.8. The van der Waals surface area contributed by atoms with Gasteiger partial charge in [-0.1, -0.05) is 43.2 Å². The second kappa shape index (κ2) is 13.1. The van der Waals surface area contributed by atoms with Gasteiger partial charge in [0.15, 0.2) is 0 Å². The number of rotatable bonds is 10. The number of nitrogens with zero attached hydrogens (tertiary/aromatic N) is 2. The van der Waals surface area contributed by atoms with Gasteiger partial charge < -0.3 is 10.6 Å². The SMILES string of the molecule is Cc1ccc(C)c(N(C(=O)CCCC(=O)Nc2ccccn2)[C@H](C(=O)NC2CCCC2)c2ccc(F)cc2)c1. The summed E-state index contributed by atoms with van der Waals surface area (Å²) in [6, 6.07) is 15.8. The van der Waals surface area contributed by atoms with Crippen LogP contribution in [0, 0.1) is 19.7 Å². The number of nitrogens with one attached hydrogen (secondary N) is 2. The van der Waals surface area contributed by atoms with Gasteiger partial charge in [0.2, 0.25) is 17.7 Å². The molecule has 4 rings (SSSR count). The van der Waals surface area contributed by atoms with E-state index in [0.717, 1.165) is 36.8 Å². The van der Waals surface area contributed by atoms with Crippen molar-refractivity contribution in [1.82, 2.24) is 10.3 Å². The molecule has 1 aliphatic carbocycles. The van der Waals surface area contributed by atoms with E-state index in [0.29, 0.717) is 23.5 Å². The summed E-state index contributed by atoms with van der Waals surface area (Å²) in [5.74, 6) is -0.794. The van der Waals surface area contributed by atoms with E-state index in [1.54, 1.807) is 36.5 Å². The first kappa shape index (κ1) is 28.0. The standard InChI is InChI=1S/C31H35FN4O3/c1-21-13-14-22(2)26(20-21)36(29(38)12-7-11-28(37)35-27-10-5-6-19-33-27)30(23-15-17-24(32)18-16-23)31(39)34-25-8-3-4-9-25/h5-6,10,13-20,25,30H,3-4,7-9,11-12H2,1-2H3,(H,34,39)(H,33,35,37)/t30-/m0/s1. The maximum Gasteiger partial charge on any atom is 0.248 e. The van der Waals surface area contributed by atoms with Crippen molar-refractivity contribution in [3.05, 3.63) is 89.4 Å². The molecular formula is C31H35FN4O3. The summed E-state index contributed by atoms with van der Waals surface area (Å²) >= 11 is 0. The van der Waals surface area contributed by atoms with Gasteiger partial charge in [0.25, 0.3) is 0 Å². The van der Waals surface area contributed by atoms with Crippen LogP contribution in [-0.4, -0.2) is 28.7 Å². The second-order valence-electron chi connectivity index (χ2n) is 10.1. The molecule has 1 saturated carbocycles. The number of aryl methyl sites for hydroxylation is 2. The minimum Gasteiger partial charge on any atom is -0.351 e. The summed E-state index contributed by atoms with van der Waals surface area (Å²) in [6.07, 6.45) is 5.94. The van der Waals surface area contributed by atoms with E-state index in [2.05, 4.69) is 15.6 Å². The number of aromatic nitrogens is 1. The topological polar surface area (TPSA) is 91.4 Å². The molecule has 0 saturated heterocycles. The van der Waals surface area contributed by atoms with Gasteiger partial charge in [-0.2, -0.15) is 0 Å². The van der Waals surface area contributed by atoms with Gasteiger partial charge in [-0.25, -0.2) is 9.37 Å². The molecule has 0 bridgehead atoms. The van der Waals surface area contributed by atoms with Crippen LogP contribution in [0.3, 0.4) is 0 Å². The van der Waals surface area contributed by atoms with Gasteiger partial charge in [-0.05, 0) is 80.1 Å². The van der Waals surface area contributed by atoms with Crippen LogP contribution in [0.15, 0.2) is 66.9 Å². The second-order valence-corrected chi connectivity index (χ2v) is 10.1. The lowest BCUT2D eigenvalue weighted by Crippen LogP contribution is -2.46. The Bertz CT molecular complexity index is 1290. The maximum atomic E-state index is 13.9. The summed E-state index contributed by atoms with van der Waals surface area (Å²) in [5, 5.41) is 5.87. The first-order valence-corrected chi connectivity index (χ1v) is 13.5. The Morgan fingerprint density at radius 2 is 1.74 bits per heavy atom. The number of carbonyl (C=O) groups is 3. The maximum absolute atomic E-state index is 13.9. The van der Waals surface area contributed by atoms with Crippen molar-refractivity contribution in [2.24, 2.45) is 0 Å². The van der Waals surface area contributed by atoms with E-state index >= 15 is 0 Å². The average Bonchev–Trinajstić information content (AvgIpc) is 3.43. The average molecular weight is 531 g/mol. The summed E-state index contributed by atoms with van der Waals surface area (Å²) in [6.45, 7) is 3.82. The molecule has 8 heteroatoms. The quantitative estimate of drug-likeness (QED) is 0.348. The van der Waals surface area contributed by atoms with Crippen LogP contribution < -0.4 is 15.5 Å². The van der Waals surface area contributed by atoms with Crippen LogP contribution >= 0.6 is 0 Å². The molecule has 1 aromatic heterocycles. The molecule has 3 amide bonds. The molecular weight excluding hydrogens is 495 g/mol. The molecule has 1 fully saturated rings. The number of amides is 3. The highest BCUT2D eigenvalue weighted by molar-refractivity contribution is 6.02. The lowest BCUT2D eigenvalue weighted by atomic mass is 9.99. The van der Waals surface area contributed by atoms with Gasteiger partial charge in [-0.15, -0.1) is 0 Å². The summed E-state index contributed by atoms with van der Waals surface area (Å²) in [7, 11) is 0. The minimum atomic E-state index is -0.985. The van der Waals surface area contributed by atoms with Crippen LogP contribution in [0.5, 0.6) is 0 Å². The van der Waals surface area contributed by atoms with Crippen molar-refractivity contribution in [3.8, 4) is 0 Å². The normalized spacial score (nSPS) is 14.0. The minimum absolute atomic E-state index is 0.0475. The number of pyridine rings is 1. The van der Waals surface area contributed by atoms with E-state index in [1.807, 2.05) is 32.0 Å². The molecule has 7 nitrogen and oxygen atoms in total. The Hall–Kier alpha value is -4.07. The Morgan fingerprint density at radius 1 is 1.00 bits per heavy atom. The zero-order valence-corrected chi connectivity index (χ0v) is 22.5. The van der Waals surface area contributed by atoms with E-state index in [9.17, 15) is 18.8 Å². The Balaban J connectivity index is 1.61. The highest BCUT2D eigenvalue weighted by atomic mass is 19.1. The fraction of sp³-hybridized carbons (Fsp3) is 0.355. The molecule has 204 valence electrons. The fourth-order valence-electron chi connectivity index (χ4n) is 4.97. The number of anilines is 2. The summed E-state index contributed by atoms with van der Waals surface area (Å²) in [5.41, 5.74) is 2.92. The van der Waals surface area contributed by atoms with Crippen molar-refractivity contribution in [3.63, 3.8) is 0 Å². The van der Waals surface area contributed by atoms with Crippen LogP contribution in [0.2, 0.25) is 0 Å². The first-order chi connectivity index (χ1) is 18.8. The zero-order valence-electron chi connectivity index (χ0n) is 22.5. The van der Waals surface area contributed by atoms with Crippen molar-refractivity contribution in [1.29, 1.82) is 0 Å². The van der Waals surface area contributed by atoms with Gasteiger partial charge >= 0.3 is 0 Å². The number of benzene rings is 2. The van der Waals surface area contributed by atoms with E-state index < -0.39 is 11.9 Å². The lowest BCUT2D eigenvalue weighted by molar-refractivity contribution is -0.127. The van der Waals surface area contributed by atoms with Gasteiger partial charge in [0.05, 0.1) is 0 Å². The largest absolute Gasteiger partial charge is 0.351 e. The third-order valence-corrected chi connectivity index (χ3v) is 7.01. The lowest BCUT2D eigenvalue weighted by Gasteiger charge is -2.33. The summed E-state index contributed by atoms with van der Waals surface area (Å²) < 4.78 is 13.9. The Labute approximate surface area is 228 Å². The molecule has 0 unspecified atom stereocenters. The van der Waals surface area contributed by atoms with Crippen molar-refractivity contribution in [2.45, 2.75) is 70.9 Å². The highest BCUT2D eigenvalue weighted by Gasteiger charge is 2.35. The molecule has 0 aliphatic heterocycles. The van der Waals surface area contributed by atoms with Gasteiger partial charge in [-0.3, -0.25) is 19.3 Å². The molecule has 3 aromatic rings. The van der Waals surface area contributed by atoms with E-state index in [-0.39, 0.29) is 36.6 Å². The van der Waals surface area contributed by atoms with Crippen molar-refractivity contribution in [2.75, 3.05) is 10.2 Å². The molecule has 2 aromatic carbocycles.